The average Bonchev–Trinajstić information content (AvgIpc) is 2.32. The number of ketones is 1. The molecule has 0 radical (unpaired) electrons. The monoisotopic (exact) mass is 358 g/mol. The van der Waals surface area contributed by atoms with Crippen LogP contribution >= 0.6 is 22.6 Å². The second-order valence-electron chi connectivity index (χ2n) is 3.92. The lowest BCUT2D eigenvalue weighted by Crippen LogP contribution is -2.05. The maximum Gasteiger partial charge on any atom is 0.194 e. The van der Waals surface area contributed by atoms with Crippen LogP contribution in [-0.2, 0) is 0 Å². The highest BCUT2D eigenvalue weighted by Crippen LogP contribution is 2.19. The minimum Gasteiger partial charge on any atom is -0.289 e. The summed E-state index contributed by atoms with van der Waals surface area (Å²) in [7, 11) is 0. The van der Waals surface area contributed by atoms with Gasteiger partial charge in [0.25, 0.3) is 0 Å². The molecule has 2 rings (SSSR count). The second-order valence-corrected chi connectivity index (χ2v) is 5.08. The van der Waals surface area contributed by atoms with E-state index in [1.165, 1.54) is 24.3 Å². The molecule has 0 heterocycles. The molecular weight excluding hydrogens is 349 g/mol. The SMILES string of the molecule is Cc1ccc(C(=O)c2ccc(F)cc2I)cc1F. The van der Waals surface area contributed by atoms with Gasteiger partial charge in [-0.05, 0) is 59.3 Å². The first kappa shape index (κ1) is 13.1. The Balaban J connectivity index is 2.44. The predicted octanol–water partition coefficient (Wildman–Crippen LogP) is 4.11. The lowest BCUT2D eigenvalue weighted by molar-refractivity contribution is 0.103. The quantitative estimate of drug-likeness (QED) is 0.583. The van der Waals surface area contributed by atoms with Gasteiger partial charge >= 0.3 is 0 Å². The van der Waals surface area contributed by atoms with Gasteiger partial charge in [-0.25, -0.2) is 8.78 Å². The van der Waals surface area contributed by atoms with Crippen LogP contribution < -0.4 is 0 Å². The van der Waals surface area contributed by atoms with Gasteiger partial charge in [0.2, 0.25) is 0 Å². The summed E-state index contributed by atoms with van der Waals surface area (Å²) < 4.78 is 26.9. The Morgan fingerprint density at radius 2 is 1.83 bits per heavy atom. The van der Waals surface area contributed by atoms with Crippen LogP contribution in [0.5, 0.6) is 0 Å². The highest BCUT2D eigenvalue weighted by atomic mass is 127. The van der Waals surface area contributed by atoms with Gasteiger partial charge in [0.15, 0.2) is 5.78 Å². The molecule has 92 valence electrons. The van der Waals surface area contributed by atoms with E-state index in [1.54, 1.807) is 19.1 Å². The molecule has 0 bridgehead atoms. The second kappa shape index (κ2) is 5.14. The van der Waals surface area contributed by atoms with E-state index >= 15 is 0 Å². The summed E-state index contributed by atoms with van der Waals surface area (Å²) in [6, 6.07) is 8.24. The van der Waals surface area contributed by atoms with Crippen LogP contribution in [-0.4, -0.2) is 5.78 Å². The summed E-state index contributed by atoms with van der Waals surface area (Å²) in [6.07, 6.45) is 0. The fourth-order valence-corrected chi connectivity index (χ4v) is 2.29. The zero-order valence-electron chi connectivity index (χ0n) is 9.51. The van der Waals surface area contributed by atoms with E-state index < -0.39 is 11.6 Å². The molecule has 0 fully saturated rings. The van der Waals surface area contributed by atoms with E-state index in [1.807, 2.05) is 22.6 Å². The first-order chi connectivity index (χ1) is 8.49. The maximum atomic E-state index is 13.4. The van der Waals surface area contributed by atoms with E-state index in [4.69, 9.17) is 0 Å². The van der Waals surface area contributed by atoms with Gasteiger partial charge in [0.1, 0.15) is 11.6 Å². The van der Waals surface area contributed by atoms with Crippen LogP contribution in [0, 0.1) is 22.1 Å². The average molecular weight is 358 g/mol. The van der Waals surface area contributed by atoms with Crippen molar-refractivity contribution in [3.63, 3.8) is 0 Å². The molecule has 0 spiro atoms. The molecule has 0 saturated heterocycles. The zero-order valence-corrected chi connectivity index (χ0v) is 11.7. The third-order valence-corrected chi connectivity index (χ3v) is 3.50. The standard InChI is InChI=1S/C14H9F2IO/c1-8-2-3-9(6-12(8)16)14(18)11-5-4-10(15)7-13(11)17/h2-7H,1H3. The number of halogens is 3. The number of aryl methyl sites for hydroxylation is 1. The lowest BCUT2D eigenvalue weighted by atomic mass is 10.0. The first-order valence-corrected chi connectivity index (χ1v) is 6.33. The Kier molecular flexibility index (Phi) is 3.75. The first-order valence-electron chi connectivity index (χ1n) is 5.25. The van der Waals surface area contributed by atoms with Gasteiger partial charge in [-0.1, -0.05) is 12.1 Å². The maximum absolute atomic E-state index is 13.4. The third kappa shape index (κ3) is 2.58. The molecule has 0 aliphatic rings. The third-order valence-electron chi connectivity index (χ3n) is 2.61. The lowest BCUT2D eigenvalue weighted by Gasteiger charge is -2.05. The number of rotatable bonds is 2. The van der Waals surface area contributed by atoms with E-state index in [0.717, 1.165) is 0 Å². The summed E-state index contributed by atoms with van der Waals surface area (Å²) in [6.45, 7) is 1.63. The molecule has 2 aromatic rings. The van der Waals surface area contributed by atoms with Crippen molar-refractivity contribution >= 4 is 28.4 Å². The van der Waals surface area contributed by atoms with Crippen molar-refractivity contribution in [1.82, 2.24) is 0 Å². The van der Waals surface area contributed by atoms with Crippen molar-refractivity contribution in [2.24, 2.45) is 0 Å². The van der Waals surface area contributed by atoms with Gasteiger partial charge in [-0.2, -0.15) is 0 Å². The minimum atomic E-state index is -0.419. The van der Waals surface area contributed by atoms with Crippen molar-refractivity contribution in [3.05, 3.63) is 68.3 Å². The predicted molar refractivity (Wildman–Crippen MR) is 73.7 cm³/mol. The molecular formula is C14H9F2IO. The molecule has 4 heteroatoms. The van der Waals surface area contributed by atoms with Crippen molar-refractivity contribution in [3.8, 4) is 0 Å². The molecule has 0 aliphatic carbocycles. The fourth-order valence-electron chi connectivity index (χ4n) is 1.56. The molecule has 0 amide bonds. The highest BCUT2D eigenvalue weighted by molar-refractivity contribution is 14.1. The van der Waals surface area contributed by atoms with E-state index in [9.17, 15) is 13.6 Å². The Morgan fingerprint density at radius 3 is 2.44 bits per heavy atom. The number of carbonyl (C=O) groups excluding carboxylic acids is 1. The molecule has 1 nitrogen and oxygen atoms in total. The van der Waals surface area contributed by atoms with Gasteiger partial charge in [0, 0.05) is 14.7 Å². The molecule has 0 saturated carbocycles. The summed E-state index contributed by atoms with van der Waals surface area (Å²) in [5, 5.41) is 0. The van der Waals surface area contributed by atoms with Crippen LogP contribution in [0.15, 0.2) is 36.4 Å². The molecule has 0 aromatic heterocycles. The highest BCUT2D eigenvalue weighted by Gasteiger charge is 2.14. The zero-order chi connectivity index (χ0) is 13.3. The summed E-state index contributed by atoms with van der Waals surface area (Å²) >= 11 is 1.89. The van der Waals surface area contributed by atoms with Crippen molar-refractivity contribution in [2.75, 3.05) is 0 Å². The Morgan fingerprint density at radius 1 is 1.11 bits per heavy atom. The molecule has 18 heavy (non-hydrogen) atoms. The Hall–Kier alpha value is -1.30. The number of benzene rings is 2. The fraction of sp³-hybridized carbons (Fsp3) is 0.0714. The topological polar surface area (TPSA) is 17.1 Å². The van der Waals surface area contributed by atoms with Gasteiger partial charge in [-0.15, -0.1) is 0 Å². The number of carbonyl (C=O) groups is 1. The van der Waals surface area contributed by atoms with Gasteiger partial charge in [0.05, 0.1) is 0 Å². The smallest absolute Gasteiger partial charge is 0.194 e. The van der Waals surface area contributed by atoms with Gasteiger partial charge < -0.3 is 0 Å². The van der Waals surface area contributed by atoms with E-state index in [2.05, 4.69) is 0 Å². The normalized spacial score (nSPS) is 10.4. The van der Waals surface area contributed by atoms with Crippen LogP contribution in [0.25, 0.3) is 0 Å². The van der Waals surface area contributed by atoms with E-state index in [-0.39, 0.29) is 11.3 Å². The summed E-state index contributed by atoms with van der Waals surface area (Å²) in [5.41, 5.74) is 1.13. The Bertz CT molecular complexity index is 623. The molecule has 0 N–H and O–H groups in total. The number of hydrogen-bond donors (Lipinski definition) is 0. The molecule has 0 unspecified atom stereocenters. The molecule has 0 atom stereocenters. The van der Waals surface area contributed by atoms with Crippen LogP contribution in [0.3, 0.4) is 0 Å². The van der Waals surface area contributed by atoms with Crippen molar-refractivity contribution in [2.45, 2.75) is 6.92 Å². The van der Waals surface area contributed by atoms with Crippen LogP contribution in [0.4, 0.5) is 8.78 Å². The molecule has 0 aliphatic heterocycles. The number of hydrogen-bond acceptors (Lipinski definition) is 1. The van der Waals surface area contributed by atoms with Crippen molar-refractivity contribution in [1.29, 1.82) is 0 Å². The van der Waals surface area contributed by atoms with Gasteiger partial charge in [-0.3, -0.25) is 4.79 Å². The Labute approximate surface area is 117 Å². The largest absolute Gasteiger partial charge is 0.289 e. The summed E-state index contributed by atoms with van der Waals surface area (Å²) in [4.78, 5) is 12.1. The minimum absolute atomic E-state index is 0.266. The van der Waals surface area contributed by atoms with Crippen LogP contribution in [0.2, 0.25) is 0 Å². The van der Waals surface area contributed by atoms with Crippen LogP contribution in [0.1, 0.15) is 21.5 Å². The molecule has 2 aromatic carbocycles. The summed E-state index contributed by atoms with van der Waals surface area (Å²) in [5.74, 6) is -1.12. The van der Waals surface area contributed by atoms with Crippen molar-refractivity contribution < 1.29 is 13.6 Å². The van der Waals surface area contributed by atoms with E-state index in [0.29, 0.717) is 14.7 Å².